The molecule has 1 spiro atoms. The average molecular weight is 241 g/mol. The van der Waals surface area contributed by atoms with Crippen LogP contribution in [-0.2, 0) is 4.74 Å². The van der Waals surface area contributed by atoms with Crippen LogP contribution in [0, 0.1) is 5.41 Å². The molecule has 0 aromatic heterocycles. The van der Waals surface area contributed by atoms with E-state index < -0.39 is 0 Å². The van der Waals surface area contributed by atoms with Gasteiger partial charge in [-0.1, -0.05) is 19.3 Å². The molecule has 100 valence electrons. The number of ether oxygens (including phenoxy) is 1. The Morgan fingerprint density at radius 2 is 2.06 bits per heavy atom. The summed E-state index contributed by atoms with van der Waals surface area (Å²) in [6.07, 6.45) is 8.24. The van der Waals surface area contributed by atoms with Crippen LogP contribution >= 0.6 is 0 Å². The van der Waals surface area contributed by atoms with Gasteiger partial charge in [-0.15, -0.1) is 0 Å². The first kappa shape index (κ1) is 13.3. The predicted molar refractivity (Wildman–Crippen MR) is 69.0 cm³/mol. The van der Waals surface area contributed by atoms with Crippen LogP contribution in [0.2, 0.25) is 0 Å². The van der Waals surface area contributed by atoms with Crippen LogP contribution in [0.1, 0.15) is 52.4 Å². The summed E-state index contributed by atoms with van der Waals surface area (Å²) in [5.74, 6) is 0. The fraction of sp³-hybridized carbons (Fsp3) is 1.00. The van der Waals surface area contributed by atoms with Crippen LogP contribution < -0.4 is 5.32 Å². The normalized spacial score (nSPS) is 33.4. The minimum absolute atomic E-state index is 0.210. The van der Waals surface area contributed by atoms with Crippen LogP contribution in [0.3, 0.4) is 0 Å². The van der Waals surface area contributed by atoms with Crippen molar-refractivity contribution in [2.24, 2.45) is 5.41 Å². The summed E-state index contributed by atoms with van der Waals surface area (Å²) in [6, 6.07) is 0.767. The summed E-state index contributed by atoms with van der Waals surface area (Å²) >= 11 is 0. The molecule has 2 rings (SSSR count). The highest BCUT2D eigenvalue weighted by atomic mass is 16.5. The van der Waals surface area contributed by atoms with E-state index in [1.807, 2.05) is 0 Å². The highest BCUT2D eigenvalue weighted by Crippen LogP contribution is 2.53. The molecule has 0 aromatic rings. The second-order valence-electron chi connectivity index (χ2n) is 5.78. The van der Waals surface area contributed by atoms with Gasteiger partial charge in [0.25, 0.3) is 0 Å². The summed E-state index contributed by atoms with van der Waals surface area (Å²) < 4.78 is 5.91. The van der Waals surface area contributed by atoms with Crippen molar-refractivity contribution in [1.29, 1.82) is 0 Å². The maximum atomic E-state index is 9.17. The Hall–Kier alpha value is -0.120. The van der Waals surface area contributed by atoms with Gasteiger partial charge in [-0.3, -0.25) is 0 Å². The van der Waals surface area contributed by atoms with E-state index in [0.29, 0.717) is 17.6 Å². The highest BCUT2D eigenvalue weighted by molar-refractivity contribution is 5.09. The van der Waals surface area contributed by atoms with E-state index in [1.54, 1.807) is 0 Å². The van der Waals surface area contributed by atoms with Crippen LogP contribution in [-0.4, -0.2) is 36.5 Å². The average Bonchev–Trinajstić information content (AvgIpc) is 2.38. The summed E-state index contributed by atoms with van der Waals surface area (Å²) in [4.78, 5) is 0. The van der Waals surface area contributed by atoms with Gasteiger partial charge in [0.05, 0.1) is 12.7 Å². The predicted octanol–water partition coefficient (Wildman–Crippen LogP) is 2.08. The third-order valence-corrected chi connectivity index (χ3v) is 4.70. The molecule has 3 atom stereocenters. The molecule has 2 N–H and O–H groups in total. The number of rotatable bonds is 5. The van der Waals surface area contributed by atoms with E-state index in [0.717, 1.165) is 13.0 Å². The zero-order valence-corrected chi connectivity index (χ0v) is 11.2. The van der Waals surface area contributed by atoms with Crippen molar-refractivity contribution in [3.05, 3.63) is 0 Å². The summed E-state index contributed by atoms with van der Waals surface area (Å²) in [5.41, 5.74) is 0.373. The van der Waals surface area contributed by atoms with Crippen molar-refractivity contribution in [1.82, 2.24) is 5.32 Å². The van der Waals surface area contributed by atoms with Crippen LogP contribution in [0.4, 0.5) is 0 Å². The van der Waals surface area contributed by atoms with Gasteiger partial charge in [-0.25, -0.2) is 0 Å². The van der Waals surface area contributed by atoms with Crippen molar-refractivity contribution in [2.75, 3.05) is 13.2 Å². The topological polar surface area (TPSA) is 41.5 Å². The van der Waals surface area contributed by atoms with E-state index in [-0.39, 0.29) is 12.6 Å². The molecule has 0 aromatic carbocycles. The molecule has 3 nitrogen and oxygen atoms in total. The third kappa shape index (κ3) is 2.51. The molecule has 3 heteroatoms. The van der Waals surface area contributed by atoms with Gasteiger partial charge in [0.2, 0.25) is 0 Å². The lowest BCUT2D eigenvalue weighted by Crippen LogP contribution is -2.66. The number of aliphatic hydroxyl groups is 1. The molecule has 2 saturated carbocycles. The largest absolute Gasteiger partial charge is 0.395 e. The SMILES string of the molecule is CCOC1CC(NC(C)CO)C12CCCCC2. The van der Waals surface area contributed by atoms with Gasteiger partial charge >= 0.3 is 0 Å². The maximum Gasteiger partial charge on any atom is 0.0661 e. The second-order valence-corrected chi connectivity index (χ2v) is 5.78. The monoisotopic (exact) mass is 241 g/mol. The maximum absolute atomic E-state index is 9.17. The minimum atomic E-state index is 0.210. The van der Waals surface area contributed by atoms with Gasteiger partial charge < -0.3 is 15.2 Å². The summed E-state index contributed by atoms with van der Waals surface area (Å²) in [5, 5.41) is 12.8. The van der Waals surface area contributed by atoms with Crippen molar-refractivity contribution >= 4 is 0 Å². The van der Waals surface area contributed by atoms with E-state index >= 15 is 0 Å². The summed E-state index contributed by atoms with van der Waals surface area (Å²) in [6.45, 7) is 5.21. The molecule has 17 heavy (non-hydrogen) atoms. The molecule has 2 fully saturated rings. The zero-order chi connectivity index (χ0) is 12.3. The fourth-order valence-corrected chi connectivity index (χ4v) is 3.69. The summed E-state index contributed by atoms with van der Waals surface area (Å²) in [7, 11) is 0. The minimum Gasteiger partial charge on any atom is -0.395 e. The Labute approximate surface area is 105 Å². The first-order valence-electron chi connectivity index (χ1n) is 7.21. The quantitative estimate of drug-likeness (QED) is 0.774. The van der Waals surface area contributed by atoms with E-state index in [9.17, 15) is 0 Å². The number of nitrogens with one attached hydrogen (secondary N) is 1. The first-order valence-corrected chi connectivity index (χ1v) is 7.21. The molecule has 0 amide bonds. The number of hydrogen-bond donors (Lipinski definition) is 2. The molecule has 0 bridgehead atoms. The Kier molecular flexibility index (Phi) is 4.45. The van der Waals surface area contributed by atoms with E-state index in [2.05, 4.69) is 19.2 Å². The molecule has 0 heterocycles. The molecular weight excluding hydrogens is 214 g/mol. The lowest BCUT2D eigenvalue weighted by Gasteiger charge is -2.58. The Morgan fingerprint density at radius 1 is 1.35 bits per heavy atom. The Bertz CT molecular complexity index is 238. The van der Waals surface area contributed by atoms with Crippen molar-refractivity contribution in [3.8, 4) is 0 Å². The lowest BCUT2D eigenvalue weighted by atomic mass is 9.55. The van der Waals surface area contributed by atoms with Crippen molar-refractivity contribution in [2.45, 2.75) is 70.6 Å². The standard InChI is InChI=1S/C14H27NO2/c1-3-17-13-9-12(15-11(2)10-16)14(13)7-5-4-6-8-14/h11-13,15-16H,3-10H2,1-2H3. The molecule has 0 radical (unpaired) electrons. The molecule has 2 aliphatic rings. The second kappa shape index (κ2) is 5.68. The zero-order valence-electron chi connectivity index (χ0n) is 11.2. The van der Waals surface area contributed by atoms with Gasteiger partial charge in [-0.05, 0) is 33.1 Å². The number of hydrogen-bond acceptors (Lipinski definition) is 3. The van der Waals surface area contributed by atoms with Crippen molar-refractivity contribution < 1.29 is 9.84 Å². The third-order valence-electron chi connectivity index (χ3n) is 4.70. The Balaban J connectivity index is 1.98. The highest BCUT2D eigenvalue weighted by Gasteiger charge is 2.55. The molecular formula is C14H27NO2. The van der Waals surface area contributed by atoms with Crippen LogP contribution in [0.5, 0.6) is 0 Å². The van der Waals surface area contributed by atoms with Crippen LogP contribution in [0.25, 0.3) is 0 Å². The fourth-order valence-electron chi connectivity index (χ4n) is 3.69. The van der Waals surface area contributed by atoms with Gasteiger partial charge in [0, 0.05) is 24.1 Å². The molecule has 3 unspecified atom stereocenters. The van der Waals surface area contributed by atoms with Gasteiger partial charge in [-0.2, -0.15) is 0 Å². The smallest absolute Gasteiger partial charge is 0.0661 e. The van der Waals surface area contributed by atoms with Gasteiger partial charge in [0.1, 0.15) is 0 Å². The molecule has 0 aliphatic heterocycles. The van der Waals surface area contributed by atoms with E-state index in [4.69, 9.17) is 9.84 Å². The first-order chi connectivity index (χ1) is 8.23. The lowest BCUT2D eigenvalue weighted by molar-refractivity contribution is -0.152. The van der Waals surface area contributed by atoms with Gasteiger partial charge in [0.15, 0.2) is 0 Å². The van der Waals surface area contributed by atoms with Crippen LogP contribution in [0.15, 0.2) is 0 Å². The van der Waals surface area contributed by atoms with E-state index in [1.165, 1.54) is 32.1 Å². The molecule has 2 aliphatic carbocycles. The van der Waals surface area contributed by atoms with Crippen molar-refractivity contribution in [3.63, 3.8) is 0 Å². The Morgan fingerprint density at radius 3 is 2.65 bits per heavy atom. The number of aliphatic hydroxyl groups excluding tert-OH is 1. The molecule has 0 saturated heterocycles.